The summed E-state index contributed by atoms with van der Waals surface area (Å²) in [5, 5.41) is 12.7. The molecule has 0 saturated carbocycles. The molecule has 0 amide bonds. The highest BCUT2D eigenvalue weighted by Crippen LogP contribution is 2.30. The number of nitriles is 1. The van der Waals surface area contributed by atoms with Gasteiger partial charge in [-0.15, -0.1) is 0 Å². The maximum Gasteiger partial charge on any atom is 0.126 e. The van der Waals surface area contributed by atoms with E-state index in [1.807, 2.05) is 36.0 Å². The Morgan fingerprint density at radius 2 is 1.88 bits per heavy atom. The fourth-order valence-corrected chi connectivity index (χ4v) is 3.25. The molecule has 1 saturated heterocycles. The molecule has 2 nitrogen and oxygen atoms in total. The second-order valence-electron chi connectivity index (χ2n) is 3.94. The molecule has 1 N–H and O–H groups in total. The lowest BCUT2D eigenvalue weighted by Crippen LogP contribution is -2.40. The third kappa shape index (κ3) is 2.72. The molecule has 0 aliphatic carbocycles. The van der Waals surface area contributed by atoms with E-state index in [4.69, 9.17) is 0 Å². The summed E-state index contributed by atoms with van der Waals surface area (Å²) in [5.41, 5.74) is 0.663. The van der Waals surface area contributed by atoms with Gasteiger partial charge in [-0.05, 0) is 48.6 Å². The maximum absolute atomic E-state index is 9.33. The van der Waals surface area contributed by atoms with Crippen LogP contribution in [-0.4, -0.2) is 17.0 Å². The predicted molar refractivity (Wildman–Crippen MR) is 72.7 cm³/mol. The van der Waals surface area contributed by atoms with E-state index in [1.54, 1.807) is 0 Å². The van der Waals surface area contributed by atoms with E-state index in [2.05, 4.69) is 27.3 Å². The van der Waals surface area contributed by atoms with Crippen LogP contribution < -0.4 is 5.32 Å². The molecule has 1 heterocycles. The van der Waals surface area contributed by atoms with Gasteiger partial charge in [0.25, 0.3) is 0 Å². The highest BCUT2D eigenvalue weighted by molar-refractivity contribution is 9.10. The largest absolute Gasteiger partial charge is 0.367 e. The van der Waals surface area contributed by atoms with Crippen LogP contribution >= 0.6 is 27.7 Å². The Hall–Kier alpha value is -0.660. The lowest BCUT2D eigenvalue weighted by Gasteiger charge is -2.32. The van der Waals surface area contributed by atoms with Gasteiger partial charge in [0.05, 0.1) is 6.07 Å². The Morgan fingerprint density at radius 3 is 2.44 bits per heavy atom. The number of thioether (sulfide) groups is 1. The Labute approximate surface area is 109 Å². The molecule has 1 aliphatic heterocycles. The Morgan fingerprint density at radius 1 is 1.25 bits per heavy atom. The van der Waals surface area contributed by atoms with Gasteiger partial charge in [-0.1, -0.05) is 15.9 Å². The average Bonchev–Trinajstić information content (AvgIpc) is 2.33. The van der Waals surface area contributed by atoms with Crippen molar-refractivity contribution in [2.45, 2.75) is 18.4 Å². The third-order valence-corrected chi connectivity index (χ3v) is 4.30. The molecule has 0 aromatic heterocycles. The first kappa shape index (κ1) is 11.8. The molecule has 84 valence electrons. The highest BCUT2D eigenvalue weighted by Gasteiger charge is 2.31. The lowest BCUT2D eigenvalue weighted by molar-refractivity contribution is 0.545. The second kappa shape index (κ2) is 5.11. The summed E-state index contributed by atoms with van der Waals surface area (Å²) in [4.78, 5) is 0. The standard InChI is InChI=1S/C12H13BrN2S/c13-10-1-3-11(4-2-10)15-12(9-14)5-7-16-8-6-12/h1-4,15H,5-8H2. The van der Waals surface area contributed by atoms with Crippen LogP contribution in [0.15, 0.2) is 28.7 Å². The van der Waals surface area contributed by atoms with Gasteiger partial charge >= 0.3 is 0 Å². The lowest BCUT2D eigenvalue weighted by atomic mass is 9.93. The average molecular weight is 297 g/mol. The van der Waals surface area contributed by atoms with Crippen LogP contribution in [0.5, 0.6) is 0 Å². The number of nitrogens with zero attached hydrogens (tertiary/aromatic N) is 1. The van der Waals surface area contributed by atoms with Crippen molar-refractivity contribution in [1.29, 1.82) is 5.26 Å². The van der Waals surface area contributed by atoms with Crippen molar-refractivity contribution in [1.82, 2.24) is 0 Å². The minimum atomic E-state index is -0.362. The Bertz CT molecular complexity index is 390. The Kier molecular flexibility index (Phi) is 3.78. The minimum absolute atomic E-state index is 0.362. The normalized spacial score (nSPS) is 18.8. The van der Waals surface area contributed by atoms with E-state index >= 15 is 0 Å². The summed E-state index contributed by atoms with van der Waals surface area (Å²) in [5.74, 6) is 2.13. The van der Waals surface area contributed by atoms with Crippen molar-refractivity contribution in [2.24, 2.45) is 0 Å². The fourth-order valence-electron chi connectivity index (χ4n) is 1.79. The highest BCUT2D eigenvalue weighted by atomic mass is 79.9. The molecule has 4 heteroatoms. The molecule has 0 atom stereocenters. The van der Waals surface area contributed by atoms with Gasteiger partial charge in [0.1, 0.15) is 5.54 Å². The number of hydrogen-bond acceptors (Lipinski definition) is 3. The van der Waals surface area contributed by atoms with Crippen LogP contribution in [0.2, 0.25) is 0 Å². The summed E-state index contributed by atoms with van der Waals surface area (Å²) < 4.78 is 1.06. The van der Waals surface area contributed by atoms with Crippen molar-refractivity contribution in [2.75, 3.05) is 16.8 Å². The van der Waals surface area contributed by atoms with Crippen molar-refractivity contribution >= 4 is 33.4 Å². The second-order valence-corrected chi connectivity index (χ2v) is 6.08. The van der Waals surface area contributed by atoms with Gasteiger partial charge in [-0.3, -0.25) is 0 Å². The molecule has 1 fully saturated rings. The molecule has 0 bridgehead atoms. The number of hydrogen-bond donors (Lipinski definition) is 1. The number of anilines is 1. The minimum Gasteiger partial charge on any atom is -0.367 e. The van der Waals surface area contributed by atoms with Crippen molar-refractivity contribution in [3.8, 4) is 6.07 Å². The molecule has 0 unspecified atom stereocenters. The monoisotopic (exact) mass is 296 g/mol. The molecular formula is C12H13BrN2S. The SMILES string of the molecule is N#CC1(Nc2ccc(Br)cc2)CCSCC1. The first-order valence-electron chi connectivity index (χ1n) is 5.27. The molecule has 2 rings (SSSR count). The summed E-state index contributed by atoms with van der Waals surface area (Å²) >= 11 is 5.33. The fraction of sp³-hybridized carbons (Fsp3) is 0.417. The maximum atomic E-state index is 9.33. The quantitative estimate of drug-likeness (QED) is 0.905. The number of benzene rings is 1. The molecular weight excluding hydrogens is 284 g/mol. The molecule has 0 radical (unpaired) electrons. The van der Waals surface area contributed by atoms with Crippen LogP contribution in [-0.2, 0) is 0 Å². The van der Waals surface area contributed by atoms with E-state index < -0.39 is 0 Å². The number of nitrogens with one attached hydrogen (secondary N) is 1. The van der Waals surface area contributed by atoms with Crippen LogP contribution in [0.25, 0.3) is 0 Å². The summed E-state index contributed by atoms with van der Waals surface area (Å²) in [6.45, 7) is 0. The van der Waals surface area contributed by atoms with Gasteiger partial charge in [0, 0.05) is 10.2 Å². The van der Waals surface area contributed by atoms with E-state index in [0.29, 0.717) is 0 Å². The van der Waals surface area contributed by atoms with Crippen molar-refractivity contribution < 1.29 is 0 Å². The molecule has 1 aromatic rings. The first-order chi connectivity index (χ1) is 7.74. The first-order valence-corrected chi connectivity index (χ1v) is 7.22. The van der Waals surface area contributed by atoms with Gasteiger partial charge in [0.2, 0.25) is 0 Å². The van der Waals surface area contributed by atoms with Crippen molar-refractivity contribution in [3.05, 3.63) is 28.7 Å². The van der Waals surface area contributed by atoms with E-state index in [9.17, 15) is 5.26 Å². The third-order valence-electron chi connectivity index (χ3n) is 2.79. The van der Waals surface area contributed by atoms with Gasteiger partial charge in [0.15, 0.2) is 0 Å². The smallest absolute Gasteiger partial charge is 0.126 e. The summed E-state index contributed by atoms with van der Waals surface area (Å²) in [7, 11) is 0. The zero-order valence-corrected chi connectivity index (χ0v) is 11.3. The number of halogens is 1. The van der Waals surface area contributed by atoms with E-state index in [-0.39, 0.29) is 5.54 Å². The molecule has 0 spiro atoms. The van der Waals surface area contributed by atoms with Crippen LogP contribution in [0.1, 0.15) is 12.8 Å². The van der Waals surface area contributed by atoms with Crippen LogP contribution in [0, 0.1) is 11.3 Å². The van der Waals surface area contributed by atoms with Gasteiger partial charge in [-0.25, -0.2) is 0 Å². The van der Waals surface area contributed by atoms with Crippen LogP contribution in [0.3, 0.4) is 0 Å². The molecule has 1 aromatic carbocycles. The van der Waals surface area contributed by atoms with Crippen LogP contribution in [0.4, 0.5) is 5.69 Å². The van der Waals surface area contributed by atoms with Gasteiger partial charge < -0.3 is 5.32 Å². The molecule has 16 heavy (non-hydrogen) atoms. The summed E-state index contributed by atoms with van der Waals surface area (Å²) in [6.07, 6.45) is 1.84. The van der Waals surface area contributed by atoms with E-state index in [0.717, 1.165) is 34.5 Å². The predicted octanol–water partition coefficient (Wildman–Crippen LogP) is 3.65. The number of rotatable bonds is 2. The topological polar surface area (TPSA) is 35.8 Å². The Balaban J connectivity index is 2.12. The van der Waals surface area contributed by atoms with E-state index in [1.165, 1.54) is 0 Å². The zero-order valence-electron chi connectivity index (χ0n) is 8.87. The molecule has 1 aliphatic rings. The zero-order chi connectivity index (χ0) is 11.4. The van der Waals surface area contributed by atoms with Gasteiger partial charge in [-0.2, -0.15) is 17.0 Å². The van der Waals surface area contributed by atoms with Crippen molar-refractivity contribution in [3.63, 3.8) is 0 Å². The summed E-state index contributed by atoms with van der Waals surface area (Å²) in [6, 6.07) is 10.4.